The van der Waals surface area contributed by atoms with Crippen molar-refractivity contribution in [2.24, 2.45) is 0 Å². The van der Waals surface area contributed by atoms with Crippen molar-refractivity contribution in [3.8, 4) is 39.9 Å². The molecule has 1 aromatic heterocycles. The number of rotatable bonds is 5. The lowest BCUT2D eigenvalue weighted by Crippen LogP contribution is -2.10. The molecule has 6 rings (SSSR count). The zero-order chi connectivity index (χ0) is 24.8. The SMILES string of the molecule is COc1cc2cc3c(c(-c4cc5c(cc4OC(=O)c4ccncc4)OCO5)c2cc1OC)C(=O)OC3. The highest BCUT2D eigenvalue weighted by Crippen LogP contribution is 2.49. The number of aromatic nitrogens is 1. The molecule has 0 unspecified atom stereocenters. The normalized spacial score (nSPS) is 13.3. The highest BCUT2D eigenvalue weighted by atomic mass is 16.7. The third kappa shape index (κ3) is 3.44. The molecule has 2 aliphatic heterocycles. The van der Waals surface area contributed by atoms with Gasteiger partial charge in [0.1, 0.15) is 12.4 Å². The third-order valence-electron chi connectivity index (χ3n) is 6.15. The molecule has 0 atom stereocenters. The highest BCUT2D eigenvalue weighted by molar-refractivity contribution is 6.12. The first-order valence-corrected chi connectivity index (χ1v) is 11.0. The van der Waals surface area contributed by atoms with Crippen LogP contribution in [-0.2, 0) is 11.3 Å². The fourth-order valence-corrected chi connectivity index (χ4v) is 4.48. The number of carbonyl (C=O) groups is 2. The lowest BCUT2D eigenvalue weighted by atomic mass is 9.89. The lowest BCUT2D eigenvalue weighted by Gasteiger charge is -2.17. The van der Waals surface area contributed by atoms with Crippen molar-refractivity contribution in [1.29, 1.82) is 0 Å². The molecule has 0 saturated heterocycles. The highest BCUT2D eigenvalue weighted by Gasteiger charge is 2.31. The van der Waals surface area contributed by atoms with Crippen molar-refractivity contribution in [3.05, 3.63) is 71.5 Å². The minimum Gasteiger partial charge on any atom is -0.493 e. The molecular weight excluding hydrogens is 466 g/mol. The van der Waals surface area contributed by atoms with Crippen LogP contribution in [-0.4, -0.2) is 37.9 Å². The zero-order valence-electron chi connectivity index (χ0n) is 19.3. The average molecular weight is 485 g/mol. The van der Waals surface area contributed by atoms with Crippen LogP contribution in [0.5, 0.6) is 28.7 Å². The lowest BCUT2D eigenvalue weighted by molar-refractivity contribution is 0.0535. The molecule has 0 bridgehead atoms. The predicted octanol–water partition coefficient (Wildman–Crippen LogP) is 4.54. The van der Waals surface area contributed by atoms with Crippen molar-refractivity contribution < 1.29 is 38.0 Å². The van der Waals surface area contributed by atoms with Crippen LogP contribution in [0.4, 0.5) is 0 Å². The minimum atomic E-state index is -0.587. The van der Waals surface area contributed by atoms with Crippen molar-refractivity contribution in [1.82, 2.24) is 4.98 Å². The number of pyridine rings is 1. The fourth-order valence-electron chi connectivity index (χ4n) is 4.48. The van der Waals surface area contributed by atoms with Crippen LogP contribution >= 0.6 is 0 Å². The number of cyclic esters (lactones) is 1. The van der Waals surface area contributed by atoms with Crippen molar-refractivity contribution >= 4 is 22.7 Å². The summed E-state index contributed by atoms with van der Waals surface area (Å²) in [6.45, 7) is 0.152. The second-order valence-corrected chi connectivity index (χ2v) is 8.12. The van der Waals surface area contributed by atoms with Gasteiger partial charge in [-0.3, -0.25) is 4.98 Å². The van der Waals surface area contributed by atoms with Gasteiger partial charge in [-0.25, -0.2) is 9.59 Å². The van der Waals surface area contributed by atoms with Crippen LogP contribution in [0, 0.1) is 0 Å². The van der Waals surface area contributed by atoms with Crippen LogP contribution in [0.25, 0.3) is 21.9 Å². The van der Waals surface area contributed by atoms with E-state index in [1.807, 2.05) is 12.1 Å². The smallest absolute Gasteiger partial charge is 0.343 e. The van der Waals surface area contributed by atoms with Crippen molar-refractivity contribution in [2.45, 2.75) is 6.61 Å². The topological polar surface area (TPSA) is 102 Å². The number of ether oxygens (including phenoxy) is 6. The molecule has 36 heavy (non-hydrogen) atoms. The molecule has 3 aromatic carbocycles. The Bertz CT molecular complexity index is 1550. The second kappa shape index (κ2) is 8.46. The van der Waals surface area contributed by atoms with Gasteiger partial charge in [0.25, 0.3) is 0 Å². The molecular formula is C27H19NO8. The first kappa shape index (κ1) is 21.7. The largest absolute Gasteiger partial charge is 0.493 e. The average Bonchev–Trinajstić information content (AvgIpc) is 3.52. The Labute approximate surface area is 205 Å². The summed E-state index contributed by atoms with van der Waals surface area (Å²) in [5, 5.41) is 1.48. The van der Waals surface area contributed by atoms with Crippen LogP contribution < -0.4 is 23.7 Å². The van der Waals surface area contributed by atoms with Crippen LogP contribution in [0.3, 0.4) is 0 Å². The van der Waals surface area contributed by atoms with E-state index in [0.717, 1.165) is 5.39 Å². The third-order valence-corrected chi connectivity index (χ3v) is 6.15. The summed E-state index contributed by atoms with van der Waals surface area (Å²) in [7, 11) is 3.09. The van der Waals surface area contributed by atoms with Crippen LogP contribution in [0.2, 0.25) is 0 Å². The summed E-state index contributed by atoms with van der Waals surface area (Å²) in [6.07, 6.45) is 3.01. The molecule has 2 aliphatic rings. The van der Waals surface area contributed by atoms with Gasteiger partial charge in [-0.05, 0) is 47.2 Å². The number of fused-ring (bicyclic) bond motifs is 3. The first-order chi connectivity index (χ1) is 17.6. The van der Waals surface area contributed by atoms with Crippen LogP contribution in [0.1, 0.15) is 26.3 Å². The Morgan fingerprint density at radius 1 is 0.861 bits per heavy atom. The molecule has 0 radical (unpaired) electrons. The van der Waals surface area contributed by atoms with Crippen molar-refractivity contribution in [2.75, 3.05) is 21.0 Å². The standard InChI is InChI=1S/C27H19NO8/c1-31-20-8-15-7-16-12-33-27(30)24(16)25(17(15)9-21(20)32-2)18-10-22-23(35-13-34-22)11-19(18)36-26(29)14-3-5-28-6-4-14/h3-11H,12-13H2,1-2H3. The molecule has 0 spiro atoms. The van der Waals surface area contributed by atoms with E-state index >= 15 is 0 Å². The van der Waals surface area contributed by atoms with Gasteiger partial charge in [0, 0.05) is 35.2 Å². The van der Waals surface area contributed by atoms with E-state index in [1.165, 1.54) is 19.5 Å². The maximum atomic E-state index is 13.0. The molecule has 9 nitrogen and oxygen atoms in total. The number of nitrogens with zero attached hydrogens (tertiary/aromatic N) is 1. The number of benzene rings is 3. The molecule has 180 valence electrons. The van der Waals surface area contributed by atoms with Gasteiger partial charge in [0.2, 0.25) is 6.79 Å². The minimum absolute atomic E-state index is 0.0250. The predicted molar refractivity (Wildman–Crippen MR) is 127 cm³/mol. The second-order valence-electron chi connectivity index (χ2n) is 8.12. The summed E-state index contributed by atoms with van der Waals surface area (Å²) in [6, 6.07) is 11.9. The molecule has 0 saturated carbocycles. The molecule has 0 amide bonds. The van der Waals surface area contributed by atoms with Gasteiger partial charge in [0.05, 0.1) is 25.3 Å². The molecule has 0 N–H and O–H groups in total. The first-order valence-electron chi connectivity index (χ1n) is 11.0. The molecule has 9 heteroatoms. The number of hydrogen-bond donors (Lipinski definition) is 0. The van der Waals surface area contributed by atoms with Gasteiger partial charge in [-0.2, -0.15) is 0 Å². The molecule has 0 aliphatic carbocycles. The van der Waals surface area contributed by atoms with Gasteiger partial charge >= 0.3 is 11.9 Å². The molecule has 0 fully saturated rings. The summed E-state index contributed by atoms with van der Waals surface area (Å²) in [5.74, 6) is 1.05. The number of carbonyl (C=O) groups excluding carboxylic acids is 2. The van der Waals surface area contributed by atoms with Gasteiger partial charge in [-0.1, -0.05) is 0 Å². The maximum absolute atomic E-state index is 13.0. The van der Waals surface area contributed by atoms with E-state index in [4.69, 9.17) is 28.4 Å². The van der Waals surface area contributed by atoms with Gasteiger partial charge in [0.15, 0.2) is 23.0 Å². The van der Waals surface area contributed by atoms with E-state index in [1.54, 1.807) is 37.4 Å². The fraction of sp³-hybridized carbons (Fsp3) is 0.148. The summed E-state index contributed by atoms with van der Waals surface area (Å²) < 4.78 is 33.4. The summed E-state index contributed by atoms with van der Waals surface area (Å²) >= 11 is 0. The van der Waals surface area contributed by atoms with E-state index in [0.29, 0.717) is 56.2 Å². The van der Waals surface area contributed by atoms with Crippen molar-refractivity contribution in [3.63, 3.8) is 0 Å². The van der Waals surface area contributed by atoms with E-state index in [9.17, 15) is 9.59 Å². The summed E-state index contributed by atoms with van der Waals surface area (Å²) in [4.78, 5) is 29.9. The summed E-state index contributed by atoms with van der Waals surface area (Å²) in [5.41, 5.74) is 2.41. The van der Waals surface area contributed by atoms with Gasteiger partial charge < -0.3 is 28.4 Å². The van der Waals surface area contributed by atoms with E-state index in [2.05, 4.69) is 4.98 Å². The number of methoxy groups -OCH3 is 2. The maximum Gasteiger partial charge on any atom is 0.343 e. The Hall–Kier alpha value is -4.79. The molecule has 3 heterocycles. The quantitative estimate of drug-likeness (QED) is 0.298. The van der Waals surface area contributed by atoms with E-state index < -0.39 is 11.9 Å². The van der Waals surface area contributed by atoms with Gasteiger partial charge in [-0.15, -0.1) is 0 Å². The van der Waals surface area contributed by atoms with Crippen LogP contribution in [0.15, 0.2) is 54.9 Å². The monoisotopic (exact) mass is 485 g/mol. The number of hydrogen-bond acceptors (Lipinski definition) is 9. The molecule has 4 aromatic rings. The van der Waals surface area contributed by atoms with E-state index in [-0.39, 0.29) is 19.1 Å². The Balaban J connectivity index is 1.63. The Kier molecular flexibility index (Phi) is 5.10. The Morgan fingerprint density at radius 3 is 2.33 bits per heavy atom. The zero-order valence-corrected chi connectivity index (χ0v) is 19.3. The Morgan fingerprint density at radius 2 is 1.58 bits per heavy atom. The number of esters is 2.